The van der Waals surface area contributed by atoms with Crippen molar-refractivity contribution >= 4 is 33.5 Å². The van der Waals surface area contributed by atoms with Gasteiger partial charge in [-0.3, -0.25) is 4.79 Å². The molecule has 1 aromatic heterocycles. The molecule has 1 heterocycles. The van der Waals surface area contributed by atoms with Gasteiger partial charge in [-0.15, -0.1) is 10.2 Å². The van der Waals surface area contributed by atoms with Crippen LogP contribution < -0.4 is 28.5 Å². The fourth-order valence-electron chi connectivity index (χ4n) is 2.32. The topological polar surface area (TPSA) is 138 Å². The third kappa shape index (κ3) is 5.59. The molecule has 2 aromatic carbocycles. The molecule has 3 aromatic rings. The second-order valence-corrected chi connectivity index (χ2v) is 6.05. The second-order valence-electron chi connectivity index (χ2n) is 5.30. The summed E-state index contributed by atoms with van der Waals surface area (Å²) in [6.07, 6.45) is 0. The highest BCUT2D eigenvalue weighted by Crippen LogP contribution is 2.17. The van der Waals surface area contributed by atoms with Crippen LogP contribution in [0.4, 0.5) is 5.69 Å². The van der Waals surface area contributed by atoms with Gasteiger partial charge in [0.25, 0.3) is 0 Å². The summed E-state index contributed by atoms with van der Waals surface area (Å²) in [4.78, 5) is 15.7. The van der Waals surface area contributed by atoms with E-state index in [1.165, 1.54) is 0 Å². The summed E-state index contributed by atoms with van der Waals surface area (Å²) >= 11 is 0. The van der Waals surface area contributed by atoms with Gasteiger partial charge < -0.3 is 5.32 Å². The van der Waals surface area contributed by atoms with Crippen LogP contribution in [0.5, 0.6) is 0 Å². The van der Waals surface area contributed by atoms with E-state index >= 15 is 0 Å². The maximum absolute atomic E-state index is 11.0. The standard InChI is InChI=1S/C16H15N3O.ClHO4/c1-11(20)10-17-12-7-8-14-16(9-12)19(2)15-6-4-3-5-13(15)18-14;2-1(3,4)5/h3-9H,10H2,1-2H3;(H,2,3,4,5). The molecule has 0 atom stereocenters. The average molecular weight is 366 g/mol. The molecular weight excluding hydrogens is 350 g/mol. The van der Waals surface area contributed by atoms with Crippen molar-refractivity contribution in [2.75, 3.05) is 11.9 Å². The van der Waals surface area contributed by atoms with Crippen molar-refractivity contribution in [3.63, 3.8) is 0 Å². The summed E-state index contributed by atoms with van der Waals surface area (Å²) < 4.78 is 36.1. The minimum atomic E-state index is -4.94. The van der Waals surface area contributed by atoms with Crippen LogP contribution in [0.1, 0.15) is 6.92 Å². The molecule has 0 aliphatic rings. The van der Waals surface area contributed by atoms with Crippen molar-refractivity contribution in [2.45, 2.75) is 6.92 Å². The smallest absolute Gasteiger partial charge is 0.233 e. The Morgan fingerprint density at radius 1 is 1.08 bits per heavy atom. The number of Topliss-reactive ketones (excluding diaryl/α,β-unsaturated/α-hetero) is 1. The average Bonchev–Trinajstić information content (AvgIpc) is 2.52. The predicted octanol–water partition coefficient (Wildman–Crippen LogP) is -2.54. The van der Waals surface area contributed by atoms with Gasteiger partial charge in [0.1, 0.15) is 23.9 Å². The highest BCUT2D eigenvalue weighted by molar-refractivity contribution is 5.85. The van der Waals surface area contributed by atoms with Crippen molar-refractivity contribution in [2.24, 2.45) is 7.05 Å². The minimum absolute atomic E-state index is 0.117. The van der Waals surface area contributed by atoms with Crippen LogP contribution in [-0.2, 0) is 11.8 Å². The summed E-state index contributed by atoms with van der Waals surface area (Å²) in [6.45, 7) is 1.92. The maximum atomic E-state index is 11.0. The molecule has 0 radical (unpaired) electrons. The third-order valence-electron chi connectivity index (χ3n) is 3.36. The van der Waals surface area contributed by atoms with Crippen molar-refractivity contribution in [3.05, 3.63) is 42.5 Å². The number of halogens is 1. The van der Waals surface area contributed by atoms with Crippen molar-refractivity contribution in [1.82, 2.24) is 4.98 Å². The molecule has 132 valence electrons. The number of ketones is 1. The van der Waals surface area contributed by atoms with Gasteiger partial charge in [-0.25, -0.2) is 23.6 Å². The zero-order valence-electron chi connectivity index (χ0n) is 13.6. The van der Waals surface area contributed by atoms with E-state index in [0.717, 1.165) is 27.8 Å². The summed E-state index contributed by atoms with van der Waals surface area (Å²) in [7, 11) is -2.92. The zero-order chi connectivity index (χ0) is 18.6. The molecule has 9 heteroatoms. The minimum Gasteiger partial charge on any atom is -0.378 e. The molecular formula is C16H16ClN3O5. The molecule has 0 aliphatic carbocycles. The van der Waals surface area contributed by atoms with Gasteiger partial charge in [-0.2, -0.15) is 4.57 Å². The Hall–Kier alpha value is -2.36. The number of hydrogen-bond acceptors (Lipinski definition) is 7. The van der Waals surface area contributed by atoms with Gasteiger partial charge in [0, 0.05) is 17.8 Å². The molecule has 0 unspecified atom stereocenters. The van der Waals surface area contributed by atoms with Gasteiger partial charge >= 0.3 is 0 Å². The molecule has 8 nitrogen and oxygen atoms in total. The summed E-state index contributed by atoms with van der Waals surface area (Å²) in [5.74, 6) is 0.117. The molecule has 0 saturated heterocycles. The Morgan fingerprint density at radius 3 is 2.32 bits per heavy atom. The first-order valence-corrected chi connectivity index (χ1v) is 8.42. The van der Waals surface area contributed by atoms with E-state index in [9.17, 15) is 4.79 Å². The lowest BCUT2D eigenvalue weighted by atomic mass is 10.2. The van der Waals surface area contributed by atoms with Crippen LogP contribution >= 0.6 is 0 Å². The highest BCUT2D eigenvalue weighted by Gasteiger charge is 2.12. The van der Waals surface area contributed by atoms with Gasteiger partial charge in [0.15, 0.2) is 0 Å². The summed E-state index contributed by atoms with van der Waals surface area (Å²) in [5.41, 5.74) is 4.98. The molecule has 0 bridgehead atoms. The Kier molecular flexibility index (Phi) is 5.83. The number of hydrogen-bond donors (Lipinski definition) is 1. The van der Waals surface area contributed by atoms with Gasteiger partial charge in [-0.1, -0.05) is 12.1 Å². The number of rotatable bonds is 3. The van der Waals surface area contributed by atoms with E-state index in [1.807, 2.05) is 43.4 Å². The van der Waals surface area contributed by atoms with E-state index in [2.05, 4.69) is 20.9 Å². The van der Waals surface area contributed by atoms with Crippen LogP contribution in [0.25, 0.3) is 22.1 Å². The van der Waals surface area contributed by atoms with E-state index in [0.29, 0.717) is 6.54 Å². The van der Waals surface area contributed by atoms with Gasteiger partial charge in [-0.05, 0) is 25.1 Å². The molecule has 0 amide bonds. The van der Waals surface area contributed by atoms with Crippen LogP contribution in [0.15, 0.2) is 42.5 Å². The number of carbonyl (C=O) groups is 1. The predicted molar refractivity (Wildman–Crippen MR) is 79.6 cm³/mol. The quantitative estimate of drug-likeness (QED) is 0.398. The number of benzene rings is 2. The first-order chi connectivity index (χ1) is 11.6. The number of para-hydroxylation sites is 2. The third-order valence-corrected chi connectivity index (χ3v) is 3.36. The first-order valence-electron chi connectivity index (χ1n) is 7.19. The zero-order valence-corrected chi connectivity index (χ0v) is 14.3. The lowest BCUT2D eigenvalue weighted by Crippen LogP contribution is -2.68. The van der Waals surface area contributed by atoms with Gasteiger partial charge in [0.05, 0.1) is 6.54 Å². The van der Waals surface area contributed by atoms with E-state index < -0.39 is 10.2 Å². The van der Waals surface area contributed by atoms with E-state index in [-0.39, 0.29) is 5.78 Å². The maximum Gasteiger partial charge on any atom is 0.233 e. The number of aromatic nitrogens is 2. The molecule has 0 fully saturated rings. The number of nitrogens with one attached hydrogen (secondary N) is 1. The number of nitrogens with zero attached hydrogens (tertiary/aromatic N) is 2. The Morgan fingerprint density at radius 2 is 1.68 bits per heavy atom. The van der Waals surface area contributed by atoms with E-state index in [1.54, 1.807) is 6.92 Å². The lowest BCUT2D eigenvalue weighted by molar-refractivity contribution is -2.00. The normalized spacial score (nSPS) is 11.1. The molecule has 0 spiro atoms. The number of anilines is 1. The highest BCUT2D eigenvalue weighted by atomic mass is 35.7. The Labute approximate surface area is 145 Å². The molecule has 0 aliphatic heterocycles. The lowest BCUT2D eigenvalue weighted by Gasteiger charge is -2.17. The SMILES string of the molecule is CC(=O)CNc1ccc2nc3ccccc3[n+](C)c2c1.[O-][Cl+3]([O-])([O-])[O-]. The number of fused-ring (bicyclic) bond motifs is 2. The number of aryl methyl sites for hydroxylation is 1. The first kappa shape index (κ1) is 19.0. The van der Waals surface area contributed by atoms with E-state index in [4.69, 9.17) is 18.6 Å². The molecule has 25 heavy (non-hydrogen) atoms. The van der Waals surface area contributed by atoms with Crippen LogP contribution in [0.2, 0.25) is 0 Å². The summed E-state index contributed by atoms with van der Waals surface area (Å²) in [6, 6.07) is 14.0. The van der Waals surface area contributed by atoms with Crippen molar-refractivity contribution in [3.8, 4) is 0 Å². The fraction of sp³-hybridized carbons (Fsp3) is 0.188. The molecule has 0 saturated carbocycles. The van der Waals surface area contributed by atoms with Crippen LogP contribution in [0, 0.1) is 10.2 Å². The molecule has 1 N–H and O–H groups in total. The van der Waals surface area contributed by atoms with Gasteiger partial charge in [0.2, 0.25) is 11.0 Å². The fourth-order valence-corrected chi connectivity index (χ4v) is 2.32. The Bertz CT molecular complexity index is 905. The molecule has 3 rings (SSSR count). The largest absolute Gasteiger partial charge is 0.378 e. The monoisotopic (exact) mass is 365 g/mol. The Balaban J connectivity index is 0.000000399. The van der Waals surface area contributed by atoms with Crippen LogP contribution in [-0.4, -0.2) is 17.3 Å². The van der Waals surface area contributed by atoms with Crippen molar-refractivity contribution in [1.29, 1.82) is 0 Å². The second kappa shape index (κ2) is 7.68. The van der Waals surface area contributed by atoms with Crippen molar-refractivity contribution < 1.29 is 38.2 Å². The number of carbonyl (C=O) groups excluding carboxylic acids is 1. The van der Waals surface area contributed by atoms with Crippen LogP contribution in [0.3, 0.4) is 0 Å². The summed E-state index contributed by atoms with van der Waals surface area (Å²) in [5, 5.41) is 3.12.